The van der Waals surface area contributed by atoms with Crippen LogP contribution in [0.3, 0.4) is 0 Å². The van der Waals surface area contributed by atoms with Gasteiger partial charge in [0.1, 0.15) is 0 Å². The third-order valence-electron chi connectivity index (χ3n) is 2.42. The molecule has 0 radical (unpaired) electrons. The summed E-state index contributed by atoms with van der Waals surface area (Å²) in [7, 11) is 0. The summed E-state index contributed by atoms with van der Waals surface area (Å²) in [5.41, 5.74) is 10.9. The third-order valence-corrected chi connectivity index (χ3v) is 2.42. The van der Waals surface area contributed by atoms with Gasteiger partial charge in [-0.05, 0) is 24.9 Å². The molecule has 0 unspecified atom stereocenters. The van der Waals surface area contributed by atoms with E-state index in [1.807, 2.05) is 0 Å². The van der Waals surface area contributed by atoms with Crippen molar-refractivity contribution in [3.05, 3.63) is 0 Å². The van der Waals surface area contributed by atoms with Gasteiger partial charge in [-0.25, -0.2) is 0 Å². The van der Waals surface area contributed by atoms with Crippen LogP contribution < -0.4 is 11.5 Å². The highest BCUT2D eigenvalue weighted by Crippen LogP contribution is 2.15. The molecule has 0 aliphatic rings. The third kappa shape index (κ3) is 7.33. The second-order valence-corrected chi connectivity index (χ2v) is 4.86. The van der Waals surface area contributed by atoms with Gasteiger partial charge in [0.15, 0.2) is 0 Å². The van der Waals surface area contributed by atoms with Gasteiger partial charge in [-0.1, -0.05) is 20.8 Å². The number of carbonyl (C=O) groups is 1. The summed E-state index contributed by atoms with van der Waals surface area (Å²) in [6, 6.07) is 0. The lowest BCUT2D eigenvalue weighted by Gasteiger charge is -2.31. The van der Waals surface area contributed by atoms with Crippen molar-refractivity contribution < 1.29 is 4.79 Å². The highest BCUT2D eigenvalue weighted by Gasteiger charge is 2.19. The van der Waals surface area contributed by atoms with Gasteiger partial charge >= 0.3 is 0 Å². The fourth-order valence-electron chi connectivity index (χ4n) is 1.52. The minimum absolute atomic E-state index is 0.104. The Hall–Kier alpha value is -0.610. The van der Waals surface area contributed by atoms with Gasteiger partial charge < -0.3 is 16.4 Å². The minimum atomic E-state index is -0.235. The minimum Gasteiger partial charge on any atom is -0.370 e. The molecule has 0 aliphatic carbocycles. The van der Waals surface area contributed by atoms with Crippen LogP contribution in [0.25, 0.3) is 0 Å². The van der Waals surface area contributed by atoms with E-state index >= 15 is 0 Å². The predicted molar refractivity (Wildman–Crippen MR) is 63.4 cm³/mol. The largest absolute Gasteiger partial charge is 0.370 e. The summed E-state index contributed by atoms with van der Waals surface area (Å²) in [5.74, 6) is -0.235. The standard InChI is InChI=1S/C11H25N3O/c1-4-6-14(7-5-10(13)15)9-11(2,3)8-12/h4-9,12H2,1-3H3,(H2,13,15). The molecule has 90 valence electrons. The SMILES string of the molecule is CCCN(CCC(N)=O)CC(C)(C)CN. The fraction of sp³-hybridized carbons (Fsp3) is 0.909. The number of hydrogen-bond acceptors (Lipinski definition) is 3. The summed E-state index contributed by atoms with van der Waals surface area (Å²) >= 11 is 0. The summed E-state index contributed by atoms with van der Waals surface area (Å²) in [6.45, 7) is 9.73. The van der Waals surface area contributed by atoms with E-state index in [0.29, 0.717) is 13.0 Å². The number of nitrogens with zero attached hydrogens (tertiary/aromatic N) is 1. The van der Waals surface area contributed by atoms with Crippen molar-refractivity contribution in [3.8, 4) is 0 Å². The van der Waals surface area contributed by atoms with E-state index in [0.717, 1.165) is 26.1 Å². The highest BCUT2D eigenvalue weighted by atomic mass is 16.1. The normalized spacial score (nSPS) is 12.1. The van der Waals surface area contributed by atoms with E-state index < -0.39 is 0 Å². The van der Waals surface area contributed by atoms with Crippen LogP contribution in [0.5, 0.6) is 0 Å². The Morgan fingerprint density at radius 3 is 2.33 bits per heavy atom. The van der Waals surface area contributed by atoms with E-state index in [1.54, 1.807) is 0 Å². The topological polar surface area (TPSA) is 72.3 Å². The van der Waals surface area contributed by atoms with E-state index in [1.165, 1.54) is 0 Å². The lowest BCUT2D eigenvalue weighted by Crippen LogP contribution is -2.40. The van der Waals surface area contributed by atoms with Gasteiger partial charge in [0, 0.05) is 19.5 Å². The van der Waals surface area contributed by atoms with Crippen LogP contribution in [0.2, 0.25) is 0 Å². The molecular weight excluding hydrogens is 190 g/mol. The average Bonchev–Trinajstić information content (AvgIpc) is 2.14. The molecule has 4 nitrogen and oxygen atoms in total. The van der Waals surface area contributed by atoms with Crippen molar-refractivity contribution in [2.24, 2.45) is 16.9 Å². The Bertz CT molecular complexity index is 192. The Labute approximate surface area is 93.0 Å². The predicted octanol–water partition coefficient (Wildman–Crippen LogP) is 0.559. The fourth-order valence-corrected chi connectivity index (χ4v) is 1.52. The van der Waals surface area contributed by atoms with Crippen LogP contribution in [0.15, 0.2) is 0 Å². The highest BCUT2D eigenvalue weighted by molar-refractivity contribution is 5.73. The first-order chi connectivity index (χ1) is 6.91. The lowest BCUT2D eigenvalue weighted by molar-refractivity contribution is -0.118. The molecule has 15 heavy (non-hydrogen) atoms. The van der Waals surface area contributed by atoms with Gasteiger partial charge in [0.25, 0.3) is 0 Å². The first kappa shape index (κ1) is 14.4. The molecule has 0 aromatic carbocycles. The van der Waals surface area contributed by atoms with Gasteiger partial charge in [-0.3, -0.25) is 4.79 Å². The molecule has 4 heteroatoms. The number of primary amides is 1. The summed E-state index contributed by atoms with van der Waals surface area (Å²) in [4.78, 5) is 13.0. The zero-order valence-corrected chi connectivity index (χ0v) is 10.3. The maximum Gasteiger partial charge on any atom is 0.218 e. The van der Waals surface area contributed by atoms with Crippen molar-refractivity contribution in [1.82, 2.24) is 4.90 Å². The van der Waals surface area contributed by atoms with Crippen molar-refractivity contribution >= 4 is 5.91 Å². The van der Waals surface area contributed by atoms with Gasteiger partial charge in [0.2, 0.25) is 5.91 Å². The molecule has 0 rings (SSSR count). The van der Waals surface area contributed by atoms with Gasteiger partial charge in [0.05, 0.1) is 0 Å². The second kappa shape index (κ2) is 6.80. The first-order valence-electron chi connectivity index (χ1n) is 5.62. The molecule has 0 fully saturated rings. The van der Waals surface area contributed by atoms with Crippen molar-refractivity contribution in [2.45, 2.75) is 33.6 Å². The molecule has 0 heterocycles. The molecule has 0 atom stereocenters. The molecule has 0 aromatic heterocycles. The summed E-state index contributed by atoms with van der Waals surface area (Å²) in [5, 5.41) is 0. The molecule has 0 saturated carbocycles. The Kier molecular flexibility index (Phi) is 6.52. The quantitative estimate of drug-likeness (QED) is 0.621. The van der Waals surface area contributed by atoms with Crippen LogP contribution in [0.1, 0.15) is 33.6 Å². The van der Waals surface area contributed by atoms with E-state index in [4.69, 9.17) is 11.5 Å². The summed E-state index contributed by atoms with van der Waals surface area (Å²) < 4.78 is 0. The molecule has 0 saturated heterocycles. The Morgan fingerprint density at radius 1 is 1.33 bits per heavy atom. The number of hydrogen-bond donors (Lipinski definition) is 2. The number of amides is 1. The lowest BCUT2D eigenvalue weighted by atomic mass is 9.93. The monoisotopic (exact) mass is 215 g/mol. The van der Waals surface area contributed by atoms with Crippen LogP contribution in [0, 0.1) is 5.41 Å². The molecule has 0 aliphatic heterocycles. The smallest absolute Gasteiger partial charge is 0.218 e. The maximum absolute atomic E-state index is 10.7. The molecule has 1 amide bonds. The zero-order valence-electron chi connectivity index (χ0n) is 10.3. The molecule has 0 aromatic rings. The molecule has 0 bridgehead atoms. The van der Waals surface area contributed by atoms with Crippen LogP contribution in [-0.2, 0) is 4.79 Å². The zero-order chi connectivity index (χ0) is 11.9. The van der Waals surface area contributed by atoms with E-state index in [2.05, 4.69) is 25.7 Å². The number of rotatable bonds is 8. The van der Waals surface area contributed by atoms with Gasteiger partial charge in [-0.15, -0.1) is 0 Å². The Balaban J connectivity index is 4.08. The van der Waals surface area contributed by atoms with Crippen molar-refractivity contribution in [3.63, 3.8) is 0 Å². The number of carbonyl (C=O) groups excluding carboxylic acids is 1. The van der Waals surface area contributed by atoms with Gasteiger partial charge in [-0.2, -0.15) is 0 Å². The van der Waals surface area contributed by atoms with E-state index in [-0.39, 0.29) is 11.3 Å². The Morgan fingerprint density at radius 2 is 1.93 bits per heavy atom. The van der Waals surface area contributed by atoms with E-state index in [9.17, 15) is 4.79 Å². The average molecular weight is 215 g/mol. The number of nitrogens with two attached hydrogens (primary N) is 2. The molecular formula is C11H25N3O. The molecule has 0 spiro atoms. The first-order valence-corrected chi connectivity index (χ1v) is 5.62. The van der Waals surface area contributed by atoms with Crippen molar-refractivity contribution in [2.75, 3.05) is 26.2 Å². The van der Waals surface area contributed by atoms with Crippen LogP contribution >= 0.6 is 0 Å². The maximum atomic E-state index is 10.7. The second-order valence-electron chi connectivity index (χ2n) is 4.86. The summed E-state index contributed by atoms with van der Waals surface area (Å²) in [6.07, 6.45) is 1.51. The van der Waals surface area contributed by atoms with Crippen molar-refractivity contribution in [1.29, 1.82) is 0 Å². The molecule has 4 N–H and O–H groups in total. The van der Waals surface area contributed by atoms with Crippen LogP contribution in [0.4, 0.5) is 0 Å². The van der Waals surface area contributed by atoms with Crippen LogP contribution in [-0.4, -0.2) is 37.0 Å².